The lowest BCUT2D eigenvalue weighted by atomic mass is 9.78. The van der Waals surface area contributed by atoms with Gasteiger partial charge < -0.3 is 10.0 Å². The molecule has 1 amide bonds. The van der Waals surface area contributed by atoms with Crippen LogP contribution in [0.5, 0.6) is 0 Å². The number of hydrogen-bond donors (Lipinski definition) is 1. The number of halogens is 1. The molecule has 0 aromatic heterocycles. The van der Waals surface area contributed by atoms with Crippen LogP contribution in [-0.4, -0.2) is 60.8 Å². The zero-order chi connectivity index (χ0) is 20.1. The highest BCUT2D eigenvalue weighted by atomic mass is 32.2. The largest absolute Gasteiger partial charge is 0.481 e. The fourth-order valence-corrected chi connectivity index (χ4v) is 6.54. The number of piperazine rings is 1. The van der Waals surface area contributed by atoms with Gasteiger partial charge in [0.25, 0.3) is 0 Å². The second-order valence-corrected chi connectivity index (χ2v) is 9.84. The van der Waals surface area contributed by atoms with Crippen LogP contribution in [0.1, 0.15) is 19.3 Å². The number of hydrogen-bond acceptors (Lipinski definition) is 4. The molecule has 4 atom stereocenters. The maximum atomic E-state index is 13.1. The highest BCUT2D eigenvalue weighted by molar-refractivity contribution is 7.89. The van der Waals surface area contributed by atoms with Crippen LogP contribution in [0.25, 0.3) is 0 Å². The van der Waals surface area contributed by atoms with Gasteiger partial charge >= 0.3 is 5.97 Å². The first-order chi connectivity index (χ1) is 13.3. The Labute approximate surface area is 163 Å². The Balaban J connectivity index is 1.43. The molecule has 1 N–H and O–H groups in total. The minimum Gasteiger partial charge on any atom is -0.481 e. The van der Waals surface area contributed by atoms with Crippen molar-refractivity contribution in [3.05, 3.63) is 30.1 Å². The topological polar surface area (TPSA) is 95.0 Å². The van der Waals surface area contributed by atoms with E-state index in [2.05, 4.69) is 0 Å². The lowest BCUT2D eigenvalue weighted by Gasteiger charge is -2.37. The molecular formula is C19H23FN2O5S. The number of amides is 1. The molecule has 0 unspecified atom stereocenters. The number of sulfonamides is 1. The Morgan fingerprint density at radius 3 is 2.11 bits per heavy atom. The Morgan fingerprint density at radius 2 is 1.54 bits per heavy atom. The maximum absolute atomic E-state index is 13.1. The van der Waals surface area contributed by atoms with Gasteiger partial charge in [-0.3, -0.25) is 9.59 Å². The lowest BCUT2D eigenvalue weighted by Crippen LogP contribution is -2.53. The average molecular weight is 410 g/mol. The third-order valence-electron chi connectivity index (χ3n) is 6.49. The van der Waals surface area contributed by atoms with Gasteiger partial charge in [-0.2, -0.15) is 4.31 Å². The van der Waals surface area contributed by atoms with Crippen LogP contribution in [0.4, 0.5) is 4.39 Å². The SMILES string of the molecule is O=C(O)[C@@H]1[C@@H]2CC[C@@H](C2)[C@@H]1C(=O)N1CCN(S(=O)(=O)c2ccc(F)cc2)CC1. The molecule has 0 radical (unpaired) electrons. The fourth-order valence-electron chi connectivity index (χ4n) is 5.12. The van der Waals surface area contributed by atoms with Gasteiger partial charge in [-0.1, -0.05) is 0 Å². The van der Waals surface area contributed by atoms with Gasteiger partial charge in [0.15, 0.2) is 0 Å². The standard InChI is InChI=1S/C19H23FN2O5S/c20-14-3-5-15(6-4-14)28(26,27)22-9-7-21(8-10-22)18(23)16-12-1-2-13(11-12)17(16)19(24)25/h3-6,12-13,16-17H,1-2,7-11H2,(H,24,25)/t12-,13+,16-,17+/m0/s1. The number of carboxylic acids is 1. The van der Waals surface area contributed by atoms with Crippen molar-refractivity contribution in [2.24, 2.45) is 23.7 Å². The third-order valence-corrected chi connectivity index (χ3v) is 8.40. The van der Waals surface area contributed by atoms with Gasteiger partial charge in [0.2, 0.25) is 15.9 Å². The van der Waals surface area contributed by atoms with Crippen LogP contribution in [-0.2, 0) is 19.6 Å². The van der Waals surface area contributed by atoms with E-state index in [4.69, 9.17) is 0 Å². The number of carboxylic acid groups (broad SMARTS) is 1. The van der Waals surface area contributed by atoms with Crippen molar-refractivity contribution in [1.82, 2.24) is 9.21 Å². The van der Waals surface area contributed by atoms with E-state index >= 15 is 0 Å². The van der Waals surface area contributed by atoms with Gasteiger partial charge in [0.05, 0.1) is 16.7 Å². The molecule has 7 nitrogen and oxygen atoms in total. The summed E-state index contributed by atoms with van der Waals surface area (Å²) in [6, 6.07) is 4.67. The summed E-state index contributed by atoms with van der Waals surface area (Å²) in [4.78, 5) is 26.3. The quantitative estimate of drug-likeness (QED) is 0.810. The van der Waals surface area contributed by atoms with Gasteiger partial charge in [-0.15, -0.1) is 0 Å². The summed E-state index contributed by atoms with van der Waals surface area (Å²) < 4.78 is 39.8. The van der Waals surface area contributed by atoms with E-state index in [0.717, 1.165) is 31.4 Å². The number of fused-ring (bicyclic) bond motifs is 2. The summed E-state index contributed by atoms with van der Waals surface area (Å²) in [6.07, 6.45) is 2.56. The number of carbonyl (C=O) groups is 2. The molecule has 4 rings (SSSR count). The number of aliphatic carboxylic acids is 1. The zero-order valence-electron chi connectivity index (χ0n) is 15.3. The van der Waals surface area contributed by atoms with E-state index < -0.39 is 33.6 Å². The number of nitrogens with zero attached hydrogens (tertiary/aromatic N) is 2. The highest BCUT2D eigenvalue weighted by Gasteiger charge is 2.55. The summed E-state index contributed by atoms with van der Waals surface area (Å²) in [5, 5.41) is 9.56. The van der Waals surface area contributed by atoms with Gasteiger partial charge in [0, 0.05) is 26.2 Å². The lowest BCUT2D eigenvalue weighted by molar-refractivity contribution is -0.153. The molecule has 28 heavy (non-hydrogen) atoms. The molecule has 2 bridgehead atoms. The second-order valence-electron chi connectivity index (χ2n) is 7.91. The van der Waals surface area contributed by atoms with E-state index in [1.807, 2.05) is 0 Å². The smallest absolute Gasteiger partial charge is 0.307 e. The first-order valence-corrected chi connectivity index (χ1v) is 11.0. The molecule has 1 aromatic carbocycles. The fraction of sp³-hybridized carbons (Fsp3) is 0.579. The summed E-state index contributed by atoms with van der Waals surface area (Å²) in [7, 11) is -3.74. The van der Waals surface area contributed by atoms with Crippen molar-refractivity contribution >= 4 is 21.9 Å². The minimum atomic E-state index is -3.74. The number of rotatable bonds is 4. The van der Waals surface area contributed by atoms with E-state index in [-0.39, 0.29) is 48.8 Å². The molecule has 0 spiro atoms. The van der Waals surface area contributed by atoms with Crippen molar-refractivity contribution in [1.29, 1.82) is 0 Å². The van der Waals surface area contributed by atoms with E-state index in [1.165, 1.54) is 16.4 Å². The van der Waals surface area contributed by atoms with Gasteiger partial charge in [-0.25, -0.2) is 12.8 Å². The Bertz CT molecular complexity index is 880. The van der Waals surface area contributed by atoms with Gasteiger partial charge in [0.1, 0.15) is 5.82 Å². The number of carbonyl (C=O) groups excluding carboxylic acids is 1. The third kappa shape index (κ3) is 3.20. The van der Waals surface area contributed by atoms with Crippen molar-refractivity contribution in [3.8, 4) is 0 Å². The predicted octanol–water partition coefficient (Wildman–Crippen LogP) is 1.41. The van der Waals surface area contributed by atoms with Crippen molar-refractivity contribution in [2.75, 3.05) is 26.2 Å². The van der Waals surface area contributed by atoms with Crippen molar-refractivity contribution in [3.63, 3.8) is 0 Å². The van der Waals surface area contributed by atoms with E-state index in [1.54, 1.807) is 4.90 Å². The van der Waals surface area contributed by atoms with E-state index in [0.29, 0.717) is 0 Å². The van der Waals surface area contributed by atoms with Gasteiger partial charge in [-0.05, 0) is 55.4 Å². The molecular weight excluding hydrogens is 387 g/mol. The summed E-state index contributed by atoms with van der Waals surface area (Å²) >= 11 is 0. The molecule has 1 heterocycles. The van der Waals surface area contributed by atoms with Crippen LogP contribution in [0.2, 0.25) is 0 Å². The molecule has 1 saturated heterocycles. The first kappa shape index (κ1) is 19.3. The molecule has 3 fully saturated rings. The van der Waals surface area contributed by atoms with Crippen LogP contribution >= 0.6 is 0 Å². The van der Waals surface area contributed by atoms with Crippen LogP contribution in [0, 0.1) is 29.5 Å². The molecule has 2 aliphatic carbocycles. The molecule has 1 aromatic rings. The summed E-state index contributed by atoms with van der Waals surface area (Å²) in [6.45, 7) is 0.757. The molecule has 1 aliphatic heterocycles. The maximum Gasteiger partial charge on any atom is 0.307 e. The van der Waals surface area contributed by atoms with E-state index in [9.17, 15) is 27.5 Å². The summed E-state index contributed by atoms with van der Waals surface area (Å²) in [5.41, 5.74) is 0. The van der Waals surface area contributed by atoms with Crippen molar-refractivity contribution in [2.45, 2.75) is 24.2 Å². The second kappa shape index (κ2) is 7.11. The highest BCUT2D eigenvalue weighted by Crippen LogP contribution is 2.53. The van der Waals surface area contributed by atoms with Crippen LogP contribution in [0.15, 0.2) is 29.2 Å². The average Bonchev–Trinajstić information content (AvgIpc) is 3.29. The normalized spacial score (nSPS) is 30.5. The van der Waals surface area contributed by atoms with Crippen LogP contribution in [0.3, 0.4) is 0 Å². The first-order valence-electron chi connectivity index (χ1n) is 9.56. The molecule has 152 valence electrons. The Hall–Kier alpha value is -2.00. The van der Waals surface area contributed by atoms with Crippen LogP contribution < -0.4 is 0 Å². The minimum absolute atomic E-state index is 0.0210. The van der Waals surface area contributed by atoms with Crippen molar-refractivity contribution < 1.29 is 27.5 Å². The Kier molecular flexibility index (Phi) is 4.91. The molecule has 2 saturated carbocycles. The monoisotopic (exact) mass is 410 g/mol. The molecule has 9 heteroatoms. The summed E-state index contributed by atoms with van der Waals surface area (Å²) in [5.74, 6) is -2.46. The molecule has 3 aliphatic rings. The zero-order valence-corrected chi connectivity index (χ0v) is 16.1. The predicted molar refractivity (Wildman–Crippen MR) is 97.2 cm³/mol. The Morgan fingerprint density at radius 1 is 0.964 bits per heavy atom. The number of benzene rings is 1.